The summed E-state index contributed by atoms with van der Waals surface area (Å²) in [6, 6.07) is 0. The molecule has 13 heavy (non-hydrogen) atoms. The Kier molecular flexibility index (Phi) is 5.72. The van der Waals surface area contributed by atoms with Gasteiger partial charge >= 0.3 is 0 Å². The zero-order chi connectivity index (χ0) is 10.3. The van der Waals surface area contributed by atoms with Crippen LogP contribution in [-0.4, -0.2) is 18.5 Å². The lowest BCUT2D eigenvalue weighted by molar-refractivity contribution is 0.927. The zero-order valence-corrected chi connectivity index (χ0v) is 8.22. The molecule has 3 nitrogen and oxygen atoms in total. The highest BCUT2D eigenvalue weighted by Crippen LogP contribution is 2.10. The van der Waals surface area contributed by atoms with Crippen LogP contribution < -0.4 is 5.73 Å². The van der Waals surface area contributed by atoms with Gasteiger partial charge in [-0.1, -0.05) is 19.4 Å². The summed E-state index contributed by atoms with van der Waals surface area (Å²) in [6.45, 7) is 2.11. The SMILES string of the molecule is CCCC1=CC(=N)C(=N)C=C1.CN. The van der Waals surface area contributed by atoms with Gasteiger partial charge in [-0.15, -0.1) is 0 Å². The largest absolute Gasteiger partial charge is 0.333 e. The van der Waals surface area contributed by atoms with Crippen molar-refractivity contribution in [2.75, 3.05) is 7.05 Å². The van der Waals surface area contributed by atoms with Crippen molar-refractivity contribution in [1.82, 2.24) is 0 Å². The number of nitrogens with one attached hydrogen (secondary N) is 2. The molecule has 0 aromatic heterocycles. The molecule has 0 unspecified atom stereocenters. The molecule has 0 atom stereocenters. The van der Waals surface area contributed by atoms with Crippen molar-refractivity contribution in [3.63, 3.8) is 0 Å². The summed E-state index contributed by atoms with van der Waals surface area (Å²) in [5.74, 6) is 0. The maximum Gasteiger partial charge on any atom is 0.0791 e. The van der Waals surface area contributed by atoms with Crippen LogP contribution in [0, 0.1) is 10.8 Å². The molecule has 0 saturated heterocycles. The van der Waals surface area contributed by atoms with Crippen molar-refractivity contribution in [2.24, 2.45) is 5.73 Å². The molecule has 0 aromatic carbocycles. The monoisotopic (exact) mass is 179 g/mol. The summed E-state index contributed by atoms with van der Waals surface area (Å²) >= 11 is 0. The maximum atomic E-state index is 7.35. The number of allylic oxidation sites excluding steroid dienone is 4. The molecule has 1 rings (SSSR count). The summed E-state index contributed by atoms with van der Waals surface area (Å²) in [4.78, 5) is 0. The fourth-order valence-electron chi connectivity index (χ4n) is 1.04. The minimum atomic E-state index is 0.310. The average molecular weight is 179 g/mol. The first-order chi connectivity index (χ1) is 6.24. The lowest BCUT2D eigenvalue weighted by atomic mass is 10.0. The van der Waals surface area contributed by atoms with Gasteiger partial charge in [0.15, 0.2) is 0 Å². The Morgan fingerprint density at radius 2 is 1.77 bits per heavy atom. The van der Waals surface area contributed by atoms with Crippen molar-refractivity contribution in [3.8, 4) is 0 Å². The van der Waals surface area contributed by atoms with E-state index in [1.165, 1.54) is 7.05 Å². The predicted molar refractivity (Wildman–Crippen MR) is 57.7 cm³/mol. The van der Waals surface area contributed by atoms with Crippen LogP contribution in [0.4, 0.5) is 0 Å². The van der Waals surface area contributed by atoms with E-state index in [-0.39, 0.29) is 0 Å². The molecule has 4 N–H and O–H groups in total. The highest BCUT2D eigenvalue weighted by Gasteiger charge is 2.04. The predicted octanol–water partition coefficient (Wildman–Crippen LogP) is 1.90. The molecule has 0 saturated carbocycles. The summed E-state index contributed by atoms with van der Waals surface area (Å²) in [6.07, 6.45) is 7.48. The van der Waals surface area contributed by atoms with Crippen molar-refractivity contribution in [2.45, 2.75) is 19.8 Å². The van der Waals surface area contributed by atoms with Crippen LogP contribution in [0.5, 0.6) is 0 Å². The quantitative estimate of drug-likeness (QED) is 0.556. The van der Waals surface area contributed by atoms with Gasteiger partial charge in [-0.25, -0.2) is 0 Å². The van der Waals surface area contributed by atoms with Crippen LogP contribution in [-0.2, 0) is 0 Å². The van der Waals surface area contributed by atoms with Gasteiger partial charge in [0.1, 0.15) is 0 Å². The third kappa shape index (κ3) is 3.80. The van der Waals surface area contributed by atoms with Crippen LogP contribution in [0.25, 0.3) is 0 Å². The molecule has 72 valence electrons. The van der Waals surface area contributed by atoms with Crippen molar-refractivity contribution < 1.29 is 0 Å². The van der Waals surface area contributed by atoms with Crippen LogP contribution >= 0.6 is 0 Å². The molecule has 0 amide bonds. The van der Waals surface area contributed by atoms with Crippen molar-refractivity contribution >= 4 is 11.4 Å². The number of hydrogen-bond acceptors (Lipinski definition) is 3. The van der Waals surface area contributed by atoms with Gasteiger partial charge in [0, 0.05) is 0 Å². The Morgan fingerprint density at radius 1 is 1.15 bits per heavy atom. The third-order valence-corrected chi connectivity index (χ3v) is 1.62. The smallest absolute Gasteiger partial charge is 0.0791 e. The Morgan fingerprint density at radius 3 is 2.23 bits per heavy atom. The highest BCUT2D eigenvalue weighted by molar-refractivity contribution is 6.49. The van der Waals surface area contributed by atoms with E-state index in [9.17, 15) is 0 Å². The maximum absolute atomic E-state index is 7.35. The van der Waals surface area contributed by atoms with E-state index in [0.717, 1.165) is 18.4 Å². The molecule has 0 bridgehead atoms. The van der Waals surface area contributed by atoms with Crippen LogP contribution in [0.2, 0.25) is 0 Å². The van der Waals surface area contributed by atoms with Crippen molar-refractivity contribution in [1.29, 1.82) is 10.8 Å². The van der Waals surface area contributed by atoms with Gasteiger partial charge in [0.05, 0.1) is 11.4 Å². The molecule has 0 spiro atoms. The van der Waals surface area contributed by atoms with Gasteiger partial charge in [-0.05, 0) is 31.2 Å². The lowest BCUT2D eigenvalue weighted by Gasteiger charge is -2.06. The number of rotatable bonds is 2. The second-order valence-electron chi connectivity index (χ2n) is 2.63. The van der Waals surface area contributed by atoms with E-state index in [1.54, 1.807) is 12.2 Å². The van der Waals surface area contributed by atoms with Crippen LogP contribution in [0.3, 0.4) is 0 Å². The van der Waals surface area contributed by atoms with Gasteiger partial charge < -0.3 is 5.73 Å². The molecule has 1 aliphatic carbocycles. The Hall–Kier alpha value is -1.22. The number of hydrogen-bond donors (Lipinski definition) is 3. The molecular formula is C10H17N3. The summed E-state index contributed by atoms with van der Waals surface area (Å²) in [5.41, 5.74) is 6.30. The first kappa shape index (κ1) is 11.8. The van der Waals surface area contributed by atoms with E-state index in [1.807, 2.05) is 6.08 Å². The van der Waals surface area contributed by atoms with Crippen LogP contribution in [0.15, 0.2) is 23.8 Å². The van der Waals surface area contributed by atoms with E-state index in [2.05, 4.69) is 12.7 Å². The molecule has 0 radical (unpaired) electrons. The Labute approximate surface area is 79.4 Å². The minimum absolute atomic E-state index is 0.310. The molecular weight excluding hydrogens is 162 g/mol. The molecule has 0 aliphatic heterocycles. The second kappa shape index (κ2) is 6.31. The van der Waals surface area contributed by atoms with Crippen LogP contribution in [0.1, 0.15) is 19.8 Å². The normalized spacial score (nSPS) is 14.8. The highest BCUT2D eigenvalue weighted by atomic mass is 14.5. The average Bonchev–Trinajstić information content (AvgIpc) is 2.15. The van der Waals surface area contributed by atoms with Crippen molar-refractivity contribution in [3.05, 3.63) is 23.8 Å². The first-order valence-electron chi connectivity index (χ1n) is 4.38. The Bertz CT molecular complexity index is 249. The van der Waals surface area contributed by atoms with E-state index in [4.69, 9.17) is 10.8 Å². The Balaban J connectivity index is 0.000000671. The summed E-state index contributed by atoms with van der Waals surface area (Å²) in [7, 11) is 1.50. The van der Waals surface area contributed by atoms with Gasteiger partial charge in [0.2, 0.25) is 0 Å². The fourth-order valence-corrected chi connectivity index (χ4v) is 1.04. The first-order valence-corrected chi connectivity index (χ1v) is 4.38. The molecule has 0 aromatic rings. The zero-order valence-electron chi connectivity index (χ0n) is 8.22. The third-order valence-electron chi connectivity index (χ3n) is 1.62. The number of nitrogens with two attached hydrogens (primary N) is 1. The van der Waals surface area contributed by atoms with Gasteiger partial charge in [0.25, 0.3) is 0 Å². The fraction of sp³-hybridized carbons (Fsp3) is 0.400. The summed E-state index contributed by atoms with van der Waals surface area (Å²) < 4.78 is 0. The molecule has 3 heteroatoms. The topological polar surface area (TPSA) is 73.7 Å². The molecule has 0 fully saturated rings. The van der Waals surface area contributed by atoms with Gasteiger partial charge in [-0.2, -0.15) is 0 Å². The van der Waals surface area contributed by atoms with Gasteiger partial charge in [-0.3, -0.25) is 10.8 Å². The lowest BCUT2D eigenvalue weighted by Crippen LogP contribution is -2.09. The minimum Gasteiger partial charge on any atom is -0.333 e. The van der Waals surface area contributed by atoms with E-state index < -0.39 is 0 Å². The molecule has 1 aliphatic rings. The van der Waals surface area contributed by atoms with E-state index >= 15 is 0 Å². The molecule has 0 heterocycles. The summed E-state index contributed by atoms with van der Waals surface area (Å²) in [5, 5.41) is 14.6. The standard InChI is InChI=1S/C9H12N2.CH5N/c1-2-3-7-4-5-8(10)9(11)6-7;1-2/h4-6,10-11H,2-3H2,1H3;2H2,1H3. The second-order valence-corrected chi connectivity index (χ2v) is 2.63. The van der Waals surface area contributed by atoms with E-state index in [0.29, 0.717) is 11.4 Å².